The summed E-state index contributed by atoms with van der Waals surface area (Å²) in [7, 11) is 3.65. The molecular weight excluding hydrogens is 226 g/mol. The van der Waals surface area contributed by atoms with Gasteiger partial charge in [0.1, 0.15) is 5.75 Å². The molecule has 0 unspecified atom stereocenters. The van der Waals surface area contributed by atoms with Crippen molar-refractivity contribution in [3.63, 3.8) is 0 Å². The third kappa shape index (κ3) is 1.60. The number of aryl methyl sites for hydroxylation is 1. The van der Waals surface area contributed by atoms with Crippen LogP contribution in [0.1, 0.15) is 31.4 Å². The first-order valence-corrected chi connectivity index (χ1v) is 6.44. The summed E-state index contributed by atoms with van der Waals surface area (Å²) in [5.74, 6) is 0.860. The van der Waals surface area contributed by atoms with Crippen molar-refractivity contribution in [2.75, 3.05) is 7.11 Å². The lowest BCUT2D eigenvalue weighted by Crippen LogP contribution is -2.33. The maximum absolute atomic E-state index is 6.53. The third-order valence-corrected chi connectivity index (χ3v) is 4.02. The van der Waals surface area contributed by atoms with Crippen LogP contribution in [-0.4, -0.2) is 16.9 Å². The summed E-state index contributed by atoms with van der Waals surface area (Å²) in [4.78, 5) is 0. The van der Waals surface area contributed by atoms with Gasteiger partial charge in [-0.3, -0.25) is 4.68 Å². The van der Waals surface area contributed by atoms with Gasteiger partial charge in [0.2, 0.25) is 0 Å². The van der Waals surface area contributed by atoms with E-state index in [0.29, 0.717) is 0 Å². The van der Waals surface area contributed by atoms with Crippen LogP contribution in [0.15, 0.2) is 18.2 Å². The second-order valence-electron chi connectivity index (χ2n) is 5.22. The second kappa shape index (κ2) is 3.99. The van der Waals surface area contributed by atoms with Crippen LogP contribution >= 0.6 is 0 Å². The van der Waals surface area contributed by atoms with E-state index in [1.807, 2.05) is 29.9 Å². The molecule has 1 aromatic heterocycles. The number of nitrogens with two attached hydrogens (primary N) is 1. The van der Waals surface area contributed by atoms with E-state index in [0.717, 1.165) is 35.2 Å². The van der Waals surface area contributed by atoms with Crippen molar-refractivity contribution in [1.29, 1.82) is 0 Å². The van der Waals surface area contributed by atoms with Crippen LogP contribution in [0.2, 0.25) is 0 Å². The highest BCUT2D eigenvalue weighted by Gasteiger charge is 2.35. The fraction of sp³-hybridized carbons (Fsp3) is 0.500. The minimum Gasteiger partial charge on any atom is -0.497 e. The van der Waals surface area contributed by atoms with E-state index < -0.39 is 0 Å². The van der Waals surface area contributed by atoms with Crippen molar-refractivity contribution in [2.24, 2.45) is 12.8 Å². The van der Waals surface area contributed by atoms with Gasteiger partial charge in [-0.05, 0) is 31.0 Å². The molecule has 0 saturated heterocycles. The molecule has 2 N–H and O–H groups in total. The predicted molar refractivity (Wildman–Crippen MR) is 71.6 cm³/mol. The fourth-order valence-corrected chi connectivity index (χ4v) is 2.98. The molecule has 1 saturated carbocycles. The SMILES string of the molecule is COc1ccc2c(c1)c(C1(N)CCCC1)nn2C. The van der Waals surface area contributed by atoms with Gasteiger partial charge >= 0.3 is 0 Å². The van der Waals surface area contributed by atoms with Crippen molar-refractivity contribution in [2.45, 2.75) is 31.2 Å². The molecule has 0 bridgehead atoms. The first kappa shape index (κ1) is 11.5. The Morgan fingerprint density at radius 2 is 2.06 bits per heavy atom. The molecule has 2 aromatic rings. The molecule has 3 rings (SSSR count). The van der Waals surface area contributed by atoms with Gasteiger partial charge in [-0.2, -0.15) is 5.10 Å². The van der Waals surface area contributed by atoms with Crippen LogP contribution in [0.4, 0.5) is 0 Å². The molecule has 1 heterocycles. The Bertz CT molecular complexity index is 582. The Labute approximate surface area is 107 Å². The Kier molecular flexibility index (Phi) is 2.55. The Balaban J connectivity index is 2.22. The van der Waals surface area contributed by atoms with Crippen LogP contribution < -0.4 is 10.5 Å². The summed E-state index contributed by atoms with van der Waals surface area (Å²) in [6.45, 7) is 0. The number of hydrogen-bond acceptors (Lipinski definition) is 3. The van der Waals surface area contributed by atoms with Crippen LogP contribution in [0.25, 0.3) is 10.9 Å². The normalized spacial score (nSPS) is 18.4. The summed E-state index contributed by atoms with van der Waals surface area (Å²) in [5, 5.41) is 5.78. The van der Waals surface area contributed by atoms with Crippen LogP contribution in [0.3, 0.4) is 0 Å². The minimum atomic E-state index is -0.258. The van der Waals surface area contributed by atoms with E-state index in [1.165, 1.54) is 12.8 Å². The first-order valence-electron chi connectivity index (χ1n) is 6.44. The zero-order chi connectivity index (χ0) is 12.8. The van der Waals surface area contributed by atoms with Crippen molar-refractivity contribution in [3.8, 4) is 5.75 Å². The molecule has 18 heavy (non-hydrogen) atoms. The number of nitrogens with zero attached hydrogens (tertiary/aromatic N) is 2. The largest absolute Gasteiger partial charge is 0.497 e. The molecule has 0 amide bonds. The van der Waals surface area contributed by atoms with E-state index >= 15 is 0 Å². The predicted octanol–water partition coefficient (Wildman–Crippen LogP) is 2.31. The summed E-state index contributed by atoms with van der Waals surface area (Å²) < 4.78 is 7.22. The monoisotopic (exact) mass is 245 g/mol. The highest BCUT2D eigenvalue weighted by atomic mass is 16.5. The average Bonchev–Trinajstić information content (AvgIpc) is 2.95. The number of methoxy groups -OCH3 is 1. The maximum Gasteiger partial charge on any atom is 0.119 e. The molecular formula is C14H19N3O. The lowest BCUT2D eigenvalue weighted by molar-refractivity contribution is 0.415. The van der Waals surface area contributed by atoms with Crippen LogP contribution in [-0.2, 0) is 12.6 Å². The van der Waals surface area contributed by atoms with Gasteiger partial charge in [-0.15, -0.1) is 0 Å². The number of rotatable bonds is 2. The molecule has 1 aliphatic rings. The lowest BCUT2D eigenvalue weighted by Gasteiger charge is -2.21. The quantitative estimate of drug-likeness (QED) is 0.883. The van der Waals surface area contributed by atoms with E-state index in [-0.39, 0.29) is 5.54 Å². The molecule has 4 nitrogen and oxygen atoms in total. The first-order chi connectivity index (χ1) is 8.64. The molecule has 1 aromatic carbocycles. The molecule has 0 atom stereocenters. The van der Waals surface area contributed by atoms with Gasteiger partial charge in [0.15, 0.2) is 0 Å². The van der Waals surface area contributed by atoms with Gasteiger partial charge in [0.25, 0.3) is 0 Å². The molecule has 0 aliphatic heterocycles. The molecule has 1 aliphatic carbocycles. The average molecular weight is 245 g/mol. The number of hydrogen-bond donors (Lipinski definition) is 1. The van der Waals surface area contributed by atoms with Gasteiger partial charge in [0.05, 0.1) is 23.9 Å². The highest BCUT2D eigenvalue weighted by Crippen LogP contribution is 2.39. The van der Waals surface area contributed by atoms with Crippen molar-refractivity contribution in [3.05, 3.63) is 23.9 Å². The second-order valence-corrected chi connectivity index (χ2v) is 5.22. The van der Waals surface area contributed by atoms with Gasteiger partial charge in [-0.1, -0.05) is 12.8 Å². The number of benzene rings is 1. The molecule has 0 spiro atoms. The fourth-order valence-electron chi connectivity index (χ4n) is 2.98. The Morgan fingerprint density at radius 1 is 1.33 bits per heavy atom. The van der Waals surface area contributed by atoms with E-state index in [2.05, 4.69) is 5.10 Å². The van der Waals surface area contributed by atoms with E-state index in [4.69, 9.17) is 10.5 Å². The summed E-state index contributed by atoms with van der Waals surface area (Å²) >= 11 is 0. The van der Waals surface area contributed by atoms with Crippen molar-refractivity contribution >= 4 is 10.9 Å². The minimum absolute atomic E-state index is 0.258. The number of aromatic nitrogens is 2. The van der Waals surface area contributed by atoms with Gasteiger partial charge in [0, 0.05) is 12.4 Å². The lowest BCUT2D eigenvalue weighted by atomic mass is 9.92. The summed E-state index contributed by atoms with van der Waals surface area (Å²) in [6, 6.07) is 6.05. The van der Waals surface area contributed by atoms with Crippen LogP contribution in [0.5, 0.6) is 5.75 Å². The van der Waals surface area contributed by atoms with E-state index in [1.54, 1.807) is 7.11 Å². The smallest absolute Gasteiger partial charge is 0.119 e. The summed E-state index contributed by atoms with van der Waals surface area (Å²) in [5.41, 5.74) is 8.41. The summed E-state index contributed by atoms with van der Waals surface area (Å²) in [6.07, 6.45) is 4.43. The van der Waals surface area contributed by atoms with E-state index in [9.17, 15) is 0 Å². The molecule has 1 fully saturated rings. The Hall–Kier alpha value is -1.55. The third-order valence-electron chi connectivity index (χ3n) is 4.02. The van der Waals surface area contributed by atoms with Crippen molar-refractivity contribution < 1.29 is 4.74 Å². The number of fused-ring (bicyclic) bond motifs is 1. The molecule has 4 heteroatoms. The van der Waals surface area contributed by atoms with Gasteiger partial charge < -0.3 is 10.5 Å². The molecule has 0 radical (unpaired) electrons. The zero-order valence-corrected chi connectivity index (χ0v) is 10.9. The van der Waals surface area contributed by atoms with Gasteiger partial charge in [-0.25, -0.2) is 0 Å². The maximum atomic E-state index is 6.53. The standard InChI is InChI=1S/C14H19N3O/c1-17-12-6-5-10(18-2)9-11(12)13(16-17)14(15)7-3-4-8-14/h5-6,9H,3-4,7-8,15H2,1-2H3. The zero-order valence-electron chi connectivity index (χ0n) is 10.9. The number of ether oxygens (including phenoxy) is 1. The molecule has 96 valence electrons. The van der Waals surface area contributed by atoms with Crippen LogP contribution in [0, 0.1) is 0 Å². The topological polar surface area (TPSA) is 53.1 Å². The Morgan fingerprint density at radius 3 is 2.72 bits per heavy atom. The van der Waals surface area contributed by atoms with Crippen molar-refractivity contribution in [1.82, 2.24) is 9.78 Å². The highest BCUT2D eigenvalue weighted by molar-refractivity contribution is 5.84.